The lowest BCUT2D eigenvalue weighted by Crippen LogP contribution is -1.82. The zero-order valence-corrected chi connectivity index (χ0v) is 12.6. The van der Waals surface area contributed by atoms with E-state index >= 15 is 0 Å². The van der Waals surface area contributed by atoms with E-state index in [0.29, 0.717) is 5.75 Å². The Bertz CT molecular complexity index is 954. The molecule has 23 heavy (non-hydrogen) atoms. The number of fused-ring (bicyclic) bond motifs is 1. The first-order chi connectivity index (χ1) is 11.3. The molecule has 0 aliphatic carbocycles. The highest BCUT2D eigenvalue weighted by atomic mass is 16.3. The molecule has 0 unspecified atom stereocenters. The molecule has 0 fully saturated rings. The first-order valence-electron chi connectivity index (χ1n) is 7.69. The average molecular weight is 296 g/mol. The number of phenolic OH excluding ortho intramolecular Hbond substituents is 1. The van der Waals surface area contributed by atoms with Gasteiger partial charge in [-0.3, -0.25) is 0 Å². The molecule has 4 rings (SSSR count). The fourth-order valence-electron chi connectivity index (χ4n) is 2.94. The van der Waals surface area contributed by atoms with E-state index < -0.39 is 0 Å². The Balaban J connectivity index is 1.76. The molecule has 4 aromatic carbocycles. The van der Waals surface area contributed by atoms with Gasteiger partial charge in [0.1, 0.15) is 5.75 Å². The normalized spacial score (nSPS) is 10.8. The molecule has 0 spiro atoms. The second-order valence-corrected chi connectivity index (χ2v) is 5.66. The number of rotatable bonds is 2. The molecule has 1 nitrogen and oxygen atoms in total. The summed E-state index contributed by atoms with van der Waals surface area (Å²) in [5.41, 5.74) is 4.53. The van der Waals surface area contributed by atoms with Gasteiger partial charge in [0.05, 0.1) is 0 Å². The molecule has 1 N–H and O–H groups in total. The lowest BCUT2D eigenvalue weighted by molar-refractivity contribution is 0.482. The van der Waals surface area contributed by atoms with Gasteiger partial charge in [0.2, 0.25) is 0 Å². The van der Waals surface area contributed by atoms with Gasteiger partial charge >= 0.3 is 0 Å². The van der Waals surface area contributed by atoms with Crippen molar-refractivity contribution in [3.05, 3.63) is 91.0 Å². The first kappa shape index (κ1) is 13.6. The molecule has 0 aliphatic heterocycles. The van der Waals surface area contributed by atoms with Crippen LogP contribution in [0.5, 0.6) is 5.75 Å². The van der Waals surface area contributed by atoms with Crippen LogP contribution in [0.2, 0.25) is 0 Å². The summed E-state index contributed by atoms with van der Waals surface area (Å²) in [6, 6.07) is 30.6. The van der Waals surface area contributed by atoms with Crippen LogP contribution in [0, 0.1) is 0 Å². The largest absolute Gasteiger partial charge is 0.507 e. The molecule has 1 heteroatoms. The minimum Gasteiger partial charge on any atom is -0.507 e. The molecule has 4 aromatic rings. The van der Waals surface area contributed by atoms with Gasteiger partial charge in [-0.1, -0.05) is 78.9 Å². The van der Waals surface area contributed by atoms with Crippen molar-refractivity contribution in [1.82, 2.24) is 0 Å². The molecular weight excluding hydrogens is 280 g/mol. The third kappa shape index (κ3) is 2.58. The molecule has 0 aliphatic rings. The summed E-state index contributed by atoms with van der Waals surface area (Å²) in [7, 11) is 0. The zero-order valence-electron chi connectivity index (χ0n) is 12.6. The Kier molecular flexibility index (Phi) is 3.32. The smallest absolute Gasteiger partial charge is 0.124 e. The summed E-state index contributed by atoms with van der Waals surface area (Å²) in [5.74, 6) is 0.324. The van der Waals surface area contributed by atoms with Crippen molar-refractivity contribution in [2.75, 3.05) is 0 Å². The van der Waals surface area contributed by atoms with E-state index in [1.807, 2.05) is 48.5 Å². The van der Waals surface area contributed by atoms with Crippen LogP contribution >= 0.6 is 0 Å². The van der Waals surface area contributed by atoms with E-state index in [1.54, 1.807) is 0 Å². The van der Waals surface area contributed by atoms with Crippen molar-refractivity contribution < 1.29 is 5.11 Å². The Labute approximate surface area is 135 Å². The molecule has 110 valence electrons. The molecule has 0 bridgehead atoms. The quantitative estimate of drug-likeness (QED) is 0.490. The number of hydrogen-bond donors (Lipinski definition) is 1. The Morgan fingerprint density at radius 1 is 0.478 bits per heavy atom. The van der Waals surface area contributed by atoms with Crippen LogP contribution in [0.15, 0.2) is 91.0 Å². The molecule has 0 aromatic heterocycles. The van der Waals surface area contributed by atoms with Crippen molar-refractivity contribution >= 4 is 10.8 Å². The maximum absolute atomic E-state index is 10.2. The van der Waals surface area contributed by atoms with Crippen molar-refractivity contribution in [3.8, 4) is 28.0 Å². The fraction of sp³-hybridized carbons (Fsp3) is 0. The molecule has 0 radical (unpaired) electrons. The third-order valence-corrected chi connectivity index (χ3v) is 4.17. The highest BCUT2D eigenvalue weighted by molar-refractivity contribution is 5.92. The van der Waals surface area contributed by atoms with Crippen LogP contribution in [0.25, 0.3) is 33.0 Å². The van der Waals surface area contributed by atoms with Gasteiger partial charge in [0.15, 0.2) is 0 Å². The number of benzene rings is 4. The molecule has 0 amide bonds. The van der Waals surface area contributed by atoms with Gasteiger partial charge in [-0.2, -0.15) is 0 Å². The fourth-order valence-corrected chi connectivity index (χ4v) is 2.94. The minimum absolute atomic E-state index is 0.324. The van der Waals surface area contributed by atoms with Gasteiger partial charge in [-0.05, 0) is 39.8 Å². The standard InChI is InChI=1S/C22H16O/c23-22-15-20(14-19-8-4-5-9-21(19)22)18-12-10-17(11-13-18)16-6-2-1-3-7-16/h1-15,23H. The molecular formula is C22H16O. The van der Waals surface area contributed by atoms with Gasteiger partial charge in [0.25, 0.3) is 0 Å². The first-order valence-corrected chi connectivity index (χ1v) is 7.69. The third-order valence-electron chi connectivity index (χ3n) is 4.17. The lowest BCUT2D eigenvalue weighted by atomic mass is 9.98. The van der Waals surface area contributed by atoms with E-state index in [4.69, 9.17) is 0 Å². The summed E-state index contributed by atoms with van der Waals surface area (Å²) >= 11 is 0. The van der Waals surface area contributed by atoms with Gasteiger partial charge < -0.3 is 5.11 Å². The van der Waals surface area contributed by atoms with E-state index in [2.05, 4.69) is 42.5 Å². The highest BCUT2D eigenvalue weighted by Crippen LogP contribution is 2.32. The summed E-state index contributed by atoms with van der Waals surface area (Å²) in [5, 5.41) is 12.2. The molecule has 0 saturated carbocycles. The topological polar surface area (TPSA) is 20.2 Å². The van der Waals surface area contributed by atoms with Gasteiger partial charge in [-0.25, -0.2) is 0 Å². The number of hydrogen-bond acceptors (Lipinski definition) is 1. The monoisotopic (exact) mass is 296 g/mol. The van der Waals surface area contributed by atoms with Crippen LogP contribution in [0.1, 0.15) is 0 Å². The van der Waals surface area contributed by atoms with Gasteiger partial charge in [0, 0.05) is 5.39 Å². The van der Waals surface area contributed by atoms with Crippen LogP contribution in [-0.4, -0.2) is 5.11 Å². The van der Waals surface area contributed by atoms with Crippen LogP contribution < -0.4 is 0 Å². The lowest BCUT2D eigenvalue weighted by Gasteiger charge is -2.08. The van der Waals surface area contributed by atoms with E-state index in [1.165, 1.54) is 11.1 Å². The second-order valence-electron chi connectivity index (χ2n) is 5.66. The van der Waals surface area contributed by atoms with E-state index in [-0.39, 0.29) is 0 Å². The van der Waals surface area contributed by atoms with E-state index in [9.17, 15) is 5.11 Å². The summed E-state index contributed by atoms with van der Waals surface area (Å²) in [6.45, 7) is 0. The summed E-state index contributed by atoms with van der Waals surface area (Å²) in [6.07, 6.45) is 0. The SMILES string of the molecule is Oc1cc(-c2ccc(-c3ccccc3)cc2)cc2ccccc12. The van der Waals surface area contributed by atoms with E-state index in [0.717, 1.165) is 21.9 Å². The Morgan fingerprint density at radius 2 is 1.04 bits per heavy atom. The van der Waals surface area contributed by atoms with Crippen molar-refractivity contribution in [3.63, 3.8) is 0 Å². The van der Waals surface area contributed by atoms with Crippen LogP contribution in [0.3, 0.4) is 0 Å². The Morgan fingerprint density at radius 3 is 1.78 bits per heavy atom. The Hall–Kier alpha value is -3.06. The molecule has 0 saturated heterocycles. The predicted octanol–water partition coefficient (Wildman–Crippen LogP) is 5.88. The van der Waals surface area contributed by atoms with Crippen LogP contribution in [-0.2, 0) is 0 Å². The highest BCUT2D eigenvalue weighted by Gasteiger charge is 2.05. The van der Waals surface area contributed by atoms with Crippen LogP contribution in [0.4, 0.5) is 0 Å². The molecule has 0 heterocycles. The second kappa shape index (κ2) is 5.62. The average Bonchev–Trinajstić information content (AvgIpc) is 2.63. The number of phenols is 1. The zero-order chi connectivity index (χ0) is 15.6. The van der Waals surface area contributed by atoms with Crippen molar-refractivity contribution in [1.29, 1.82) is 0 Å². The number of aromatic hydroxyl groups is 1. The summed E-state index contributed by atoms with van der Waals surface area (Å²) in [4.78, 5) is 0. The molecule has 0 atom stereocenters. The van der Waals surface area contributed by atoms with Crippen molar-refractivity contribution in [2.24, 2.45) is 0 Å². The van der Waals surface area contributed by atoms with Gasteiger partial charge in [-0.15, -0.1) is 0 Å². The predicted molar refractivity (Wildman–Crippen MR) is 96.5 cm³/mol. The maximum Gasteiger partial charge on any atom is 0.124 e. The van der Waals surface area contributed by atoms with Crippen molar-refractivity contribution in [2.45, 2.75) is 0 Å². The minimum atomic E-state index is 0.324. The summed E-state index contributed by atoms with van der Waals surface area (Å²) < 4.78 is 0. The maximum atomic E-state index is 10.2.